The van der Waals surface area contributed by atoms with Gasteiger partial charge in [0.25, 0.3) is 0 Å². The average molecular weight is 384 g/mol. The number of rotatable bonds is 2. The SMILES string of the molecule is Cc1nc2c(c(C(F)(F)F)n1)C[C@H](C(=O)O[C@@H]1[C@H]3CCO[C@H]3C1(C)C)CC2. The molecule has 1 aliphatic heterocycles. The van der Waals surface area contributed by atoms with Gasteiger partial charge in [0.1, 0.15) is 11.9 Å². The van der Waals surface area contributed by atoms with Crippen molar-refractivity contribution in [1.29, 1.82) is 0 Å². The minimum absolute atomic E-state index is 0.0268. The van der Waals surface area contributed by atoms with E-state index in [9.17, 15) is 18.0 Å². The predicted molar refractivity (Wildman–Crippen MR) is 88.8 cm³/mol. The number of fused-ring (bicyclic) bond motifs is 2. The van der Waals surface area contributed by atoms with Gasteiger partial charge in [-0.15, -0.1) is 0 Å². The van der Waals surface area contributed by atoms with E-state index in [0.717, 1.165) is 6.42 Å². The summed E-state index contributed by atoms with van der Waals surface area (Å²) in [6.45, 7) is 6.13. The van der Waals surface area contributed by atoms with E-state index in [1.165, 1.54) is 6.92 Å². The first-order chi connectivity index (χ1) is 12.6. The standard InChI is InChI=1S/C19H23F3N2O3/c1-9-23-13-5-4-10(8-12(13)14(24-9)19(20,21)22)17(25)27-16-11-6-7-26-15(11)18(16,2)3/h10-11,15-16H,4-8H2,1-3H3/t10-,11+,15-,16-/m1/s1. The first-order valence-electron chi connectivity index (χ1n) is 9.34. The highest BCUT2D eigenvalue weighted by Crippen LogP contribution is 2.54. The smallest absolute Gasteiger partial charge is 0.433 e. The number of esters is 1. The number of hydrogen-bond acceptors (Lipinski definition) is 5. The number of aromatic nitrogens is 2. The summed E-state index contributed by atoms with van der Waals surface area (Å²) in [4.78, 5) is 20.5. The number of alkyl halides is 3. The minimum atomic E-state index is -4.56. The molecule has 2 fully saturated rings. The lowest BCUT2D eigenvalue weighted by atomic mass is 9.59. The number of ether oxygens (including phenoxy) is 2. The zero-order valence-electron chi connectivity index (χ0n) is 15.6. The minimum Gasteiger partial charge on any atom is -0.461 e. The predicted octanol–water partition coefficient (Wildman–Crippen LogP) is 3.27. The van der Waals surface area contributed by atoms with Crippen molar-refractivity contribution in [1.82, 2.24) is 9.97 Å². The molecule has 0 N–H and O–H groups in total. The van der Waals surface area contributed by atoms with Crippen molar-refractivity contribution in [3.8, 4) is 0 Å². The van der Waals surface area contributed by atoms with Crippen LogP contribution in [0.25, 0.3) is 0 Å². The zero-order valence-corrected chi connectivity index (χ0v) is 15.6. The van der Waals surface area contributed by atoms with E-state index in [0.29, 0.717) is 25.1 Å². The molecule has 0 amide bonds. The zero-order chi connectivity index (χ0) is 19.6. The molecule has 8 heteroatoms. The van der Waals surface area contributed by atoms with Crippen molar-refractivity contribution in [2.75, 3.05) is 6.61 Å². The molecule has 0 spiro atoms. The van der Waals surface area contributed by atoms with Crippen LogP contribution in [0.1, 0.15) is 49.5 Å². The normalized spacial score (nSPS) is 31.6. The summed E-state index contributed by atoms with van der Waals surface area (Å²) in [5.41, 5.74) is -0.750. The van der Waals surface area contributed by atoms with Gasteiger partial charge in [0.05, 0.1) is 12.0 Å². The Morgan fingerprint density at radius 2 is 2.00 bits per heavy atom. The maximum Gasteiger partial charge on any atom is 0.433 e. The van der Waals surface area contributed by atoms with Crippen molar-refractivity contribution in [3.05, 3.63) is 22.8 Å². The molecule has 1 aromatic heterocycles. The van der Waals surface area contributed by atoms with E-state index in [4.69, 9.17) is 9.47 Å². The molecule has 5 nitrogen and oxygen atoms in total. The lowest BCUT2D eigenvalue weighted by Gasteiger charge is -2.53. The third kappa shape index (κ3) is 3.02. The number of carbonyl (C=O) groups excluding carboxylic acids is 1. The third-order valence-corrected chi connectivity index (χ3v) is 6.22. The van der Waals surface area contributed by atoms with E-state index >= 15 is 0 Å². The molecule has 2 aliphatic carbocycles. The monoisotopic (exact) mass is 384 g/mol. The number of hydrogen-bond donors (Lipinski definition) is 0. The van der Waals surface area contributed by atoms with Gasteiger partial charge in [-0.05, 0) is 32.6 Å². The van der Waals surface area contributed by atoms with E-state index in [1.54, 1.807) is 0 Å². The largest absolute Gasteiger partial charge is 0.461 e. The van der Waals surface area contributed by atoms with Crippen LogP contribution in [-0.2, 0) is 33.3 Å². The Labute approximate surface area is 155 Å². The second-order valence-corrected chi connectivity index (χ2v) is 8.40. The van der Waals surface area contributed by atoms with Crippen molar-refractivity contribution in [2.24, 2.45) is 17.3 Å². The molecule has 0 unspecified atom stereocenters. The van der Waals surface area contributed by atoms with Crippen LogP contribution in [-0.4, -0.2) is 34.8 Å². The molecule has 1 saturated carbocycles. The summed E-state index contributed by atoms with van der Waals surface area (Å²) in [6, 6.07) is 0. The van der Waals surface area contributed by atoms with E-state index in [2.05, 4.69) is 9.97 Å². The summed E-state index contributed by atoms with van der Waals surface area (Å²) in [6.07, 6.45) is -3.12. The average Bonchev–Trinajstić information content (AvgIpc) is 3.04. The van der Waals surface area contributed by atoms with Gasteiger partial charge in [-0.2, -0.15) is 13.2 Å². The Hall–Kier alpha value is -1.70. The van der Waals surface area contributed by atoms with Crippen LogP contribution in [0.3, 0.4) is 0 Å². The molecule has 4 rings (SSSR count). The highest BCUT2D eigenvalue weighted by molar-refractivity contribution is 5.74. The van der Waals surface area contributed by atoms with Crippen LogP contribution in [0.2, 0.25) is 0 Å². The molecule has 148 valence electrons. The number of nitrogens with zero attached hydrogens (tertiary/aromatic N) is 2. The first kappa shape index (κ1) is 18.7. The molecular weight excluding hydrogens is 361 g/mol. The first-order valence-corrected chi connectivity index (χ1v) is 9.34. The Bertz CT molecular complexity index is 778. The fourth-order valence-corrected chi connectivity index (χ4v) is 4.91. The summed E-state index contributed by atoms with van der Waals surface area (Å²) in [5.74, 6) is -0.720. The van der Waals surface area contributed by atoms with E-state index in [1.807, 2.05) is 13.8 Å². The molecule has 0 aromatic carbocycles. The topological polar surface area (TPSA) is 61.3 Å². The summed E-state index contributed by atoms with van der Waals surface area (Å²) >= 11 is 0. The lowest BCUT2D eigenvalue weighted by molar-refractivity contribution is -0.213. The Balaban J connectivity index is 1.52. The molecule has 27 heavy (non-hydrogen) atoms. The highest BCUT2D eigenvalue weighted by Gasteiger charge is 2.61. The van der Waals surface area contributed by atoms with Crippen LogP contribution in [0.5, 0.6) is 0 Å². The van der Waals surface area contributed by atoms with Crippen LogP contribution in [0.4, 0.5) is 13.2 Å². The molecule has 0 bridgehead atoms. The number of aryl methyl sites for hydroxylation is 2. The van der Waals surface area contributed by atoms with Gasteiger partial charge in [-0.1, -0.05) is 13.8 Å². The fraction of sp³-hybridized carbons (Fsp3) is 0.737. The van der Waals surface area contributed by atoms with Crippen molar-refractivity contribution >= 4 is 5.97 Å². The third-order valence-electron chi connectivity index (χ3n) is 6.22. The molecule has 0 radical (unpaired) electrons. The second kappa shape index (κ2) is 6.15. The van der Waals surface area contributed by atoms with Crippen molar-refractivity contribution in [2.45, 2.75) is 64.8 Å². The molecular formula is C19H23F3N2O3. The maximum atomic E-state index is 13.4. The fourth-order valence-electron chi connectivity index (χ4n) is 4.91. The molecule has 1 aromatic rings. The molecule has 4 atom stereocenters. The molecule has 3 aliphatic rings. The second-order valence-electron chi connectivity index (χ2n) is 8.40. The van der Waals surface area contributed by atoms with E-state index < -0.39 is 23.8 Å². The number of carbonyl (C=O) groups is 1. The molecule has 1 saturated heterocycles. The van der Waals surface area contributed by atoms with Gasteiger partial charge in [0.15, 0.2) is 5.69 Å². The summed E-state index contributed by atoms with van der Waals surface area (Å²) in [5, 5.41) is 0. The Morgan fingerprint density at radius 3 is 2.70 bits per heavy atom. The van der Waals surface area contributed by atoms with Gasteiger partial charge in [0, 0.05) is 29.2 Å². The van der Waals surface area contributed by atoms with Gasteiger partial charge >= 0.3 is 12.1 Å². The quantitative estimate of drug-likeness (QED) is 0.733. The van der Waals surface area contributed by atoms with E-state index in [-0.39, 0.29) is 41.3 Å². The van der Waals surface area contributed by atoms with Crippen molar-refractivity contribution < 1.29 is 27.4 Å². The lowest BCUT2D eigenvalue weighted by Crippen LogP contribution is -2.61. The van der Waals surface area contributed by atoms with Gasteiger partial charge in [-0.3, -0.25) is 4.79 Å². The number of halogens is 3. The van der Waals surface area contributed by atoms with Crippen molar-refractivity contribution in [3.63, 3.8) is 0 Å². The van der Waals surface area contributed by atoms with Crippen LogP contribution in [0.15, 0.2) is 0 Å². The van der Waals surface area contributed by atoms with Crippen LogP contribution < -0.4 is 0 Å². The Kier molecular flexibility index (Phi) is 4.25. The maximum absolute atomic E-state index is 13.4. The van der Waals surface area contributed by atoms with Gasteiger partial charge in [0.2, 0.25) is 0 Å². The van der Waals surface area contributed by atoms with Gasteiger partial charge in [-0.25, -0.2) is 9.97 Å². The highest BCUT2D eigenvalue weighted by atomic mass is 19.4. The van der Waals surface area contributed by atoms with Crippen LogP contribution >= 0.6 is 0 Å². The summed E-state index contributed by atoms with van der Waals surface area (Å²) in [7, 11) is 0. The Morgan fingerprint density at radius 1 is 1.26 bits per heavy atom. The van der Waals surface area contributed by atoms with Gasteiger partial charge < -0.3 is 9.47 Å². The summed E-state index contributed by atoms with van der Waals surface area (Å²) < 4.78 is 51.6. The van der Waals surface area contributed by atoms with Crippen LogP contribution in [0, 0.1) is 24.2 Å². The molecule has 2 heterocycles.